The summed E-state index contributed by atoms with van der Waals surface area (Å²) in [5.74, 6) is 1.21. The second kappa shape index (κ2) is 5.66. The van der Waals surface area contributed by atoms with E-state index in [0.717, 1.165) is 5.69 Å². The molecule has 1 heterocycles. The van der Waals surface area contributed by atoms with Crippen LogP contribution >= 0.6 is 11.6 Å². The minimum absolute atomic E-state index is 0.180. The van der Waals surface area contributed by atoms with Crippen molar-refractivity contribution in [3.63, 3.8) is 0 Å². The minimum atomic E-state index is -0.380. The summed E-state index contributed by atoms with van der Waals surface area (Å²) in [5, 5.41) is 9.03. The first-order chi connectivity index (χ1) is 8.72. The highest BCUT2D eigenvalue weighted by atomic mass is 35.5. The average Bonchev–Trinajstić information content (AvgIpc) is 2.39. The van der Waals surface area contributed by atoms with E-state index in [1.54, 1.807) is 23.2 Å². The van der Waals surface area contributed by atoms with Gasteiger partial charge in [-0.25, -0.2) is 9.97 Å². The second-order valence-electron chi connectivity index (χ2n) is 3.48. The van der Waals surface area contributed by atoms with E-state index in [2.05, 4.69) is 9.97 Å². The Hall–Kier alpha value is -1.85. The molecular formula is C12H12ClN3O2. The van der Waals surface area contributed by atoms with E-state index >= 15 is 0 Å². The van der Waals surface area contributed by atoms with Crippen LogP contribution in [0.1, 0.15) is 0 Å². The molecule has 1 aromatic heterocycles. The summed E-state index contributed by atoms with van der Waals surface area (Å²) >= 11 is 5.76. The second-order valence-corrected chi connectivity index (χ2v) is 3.82. The molecule has 1 aromatic carbocycles. The van der Waals surface area contributed by atoms with Crippen molar-refractivity contribution in [2.24, 2.45) is 0 Å². The van der Waals surface area contributed by atoms with Crippen LogP contribution in [0.25, 0.3) is 0 Å². The van der Waals surface area contributed by atoms with E-state index < -0.39 is 0 Å². The Morgan fingerprint density at radius 2 is 2.11 bits per heavy atom. The van der Waals surface area contributed by atoms with Crippen molar-refractivity contribution in [3.8, 4) is 5.75 Å². The largest absolute Gasteiger partial charge is 0.466 e. The van der Waals surface area contributed by atoms with E-state index in [1.165, 1.54) is 0 Å². The molecule has 0 aliphatic rings. The predicted octanol–water partition coefficient (Wildman–Crippen LogP) is 2.23. The summed E-state index contributed by atoms with van der Waals surface area (Å²) in [5.41, 5.74) is 0.779. The summed E-state index contributed by atoms with van der Waals surface area (Å²) in [4.78, 5) is 9.75. The number of benzene rings is 1. The van der Waals surface area contributed by atoms with E-state index in [1.807, 2.05) is 25.2 Å². The number of ether oxygens (including phenoxy) is 1. The van der Waals surface area contributed by atoms with Gasteiger partial charge in [-0.1, -0.05) is 12.1 Å². The molecule has 0 unspecified atom stereocenters. The molecule has 0 spiro atoms. The zero-order valence-corrected chi connectivity index (χ0v) is 10.5. The van der Waals surface area contributed by atoms with E-state index in [4.69, 9.17) is 21.4 Å². The van der Waals surface area contributed by atoms with Gasteiger partial charge >= 0.3 is 0 Å². The molecular weight excluding hydrogens is 254 g/mol. The third-order valence-electron chi connectivity index (χ3n) is 2.40. The third-order valence-corrected chi connectivity index (χ3v) is 2.58. The number of nitrogens with zero attached hydrogens (tertiary/aromatic N) is 3. The zero-order chi connectivity index (χ0) is 13.0. The fraction of sp³-hybridized carbons (Fsp3) is 0.167. The summed E-state index contributed by atoms with van der Waals surface area (Å²) in [6, 6.07) is 9.07. The van der Waals surface area contributed by atoms with Crippen molar-refractivity contribution in [3.05, 3.63) is 41.8 Å². The maximum Gasteiger partial charge on any atom is 0.224 e. The average molecular weight is 266 g/mol. The van der Waals surface area contributed by atoms with Gasteiger partial charge in [-0.2, -0.15) is 0 Å². The van der Waals surface area contributed by atoms with Gasteiger partial charge in [0.15, 0.2) is 6.79 Å². The maximum absolute atomic E-state index is 8.85. The van der Waals surface area contributed by atoms with E-state index in [9.17, 15) is 0 Å². The number of rotatable bonds is 4. The number of aliphatic hydroxyl groups is 1. The number of para-hydroxylation sites is 2. The highest BCUT2D eigenvalue weighted by Gasteiger charge is 2.11. The van der Waals surface area contributed by atoms with Crippen LogP contribution < -0.4 is 9.64 Å². The van der Waals surface area contributed by atoms with Crippen molar-refractivity contribution < 1.29 is 9.84 Å². The Morgan fingerprint density at radius 1 is 1.33 bits per heavy atom. The minimum Gasteiger partial charge on any atom is -0.466 e. The first-order valence-corrected chi connectivity index (χ1v) is 5.65. The molecule has 0 saturated heterocycles. The molecule has 0 aliphatic heterocycles. The number of aliphatic hydroxyl groups excluding tert-OH is 1. The first kappa shape index (κ1) is 12.6. The fourth-order valence-electron chi connectivity index (χ4n) is 1.56. The molecule has 0 fully saturated rings. The van der Waals surface area contributed by atoms with Gasteiger partial charge in [0.05, 0.1) is 5.69 Å². The van der Waals surface area contributed by atoms with E-state index in [-0.39, 0.29) is 12.1 Å². The summed E-state index contributed by atoms with van der Waals surface area (Å²) in [6.07, 6.45) is 1.58. The van der Waals surface area contributed by atoms with Crippen LogP contribution in [0.3, 0.4) is 0 Å². The van der Waals surface area contributed by atoms with Crippen molar-refractivity contribution in [2.75, 3.05) is 18.7 Å². The molecule has 18 heavy (non-hydrogen) atoms. The topological polar surface area (TPSA) is 58.5 Å². The quantitative estimate of drug-likeness (QED) is 0.679. The smallest absolute Gasteiger partial charge is 0.224 e. The third kappa shape index (κ3) is 2.69. The fourth-order valence-corrected chi connectivity index (χ4v) is 1.71. The lowest BCUT2D eigenvalue weighted by Crippen LogP contribution is -2.13. The lowest BCUT2D eigenvalue weighted by Gasteiger charge is -2.20. The van der Waals surface area contributed by atoms with Crippen LogP contribution in [0.15, 0.2) is 36.5 Å². The van der Waals surface area contributed by atoms with Gasteiger partial charge in [0.1, 0.15) is 11.6 Å². The monoisotopic (exact) mass is 265 g/mol. The van der Waals surface area contributed by atoms with Gasteiger partial charge in [0.25, 0.3) is 0 Å². The van der Waals surface area contributed by atoms with Gasteiger partial charge in [-0.15, -0.1) is 0 Å². The molecule has 0 bridgehead atoms. The molecule has 94 valence electrons. The predicted molar refractivity (Wildman–Crippen MR) is 69.3 cm³/mol. The van der Waals surface area contributed by atoms with Crippen molar-refractivity contribution in [2.45, 2.75) is 0 Å². The molecule has 5 nitrogen and oxygen atoms in total. The molecule has 0 aliphatic carbocycles. The van der Waals surface area contributed by atoms with Gasteiger partial charge in [0, 0.05) is 13.2 Å². The Bertz CT molecular complexity index is 536. The Kier molecular flexibility index (Phi) is 3.96. The van der Waals surface area contributed by atoms with Gasteiger partial charge in [-0.05, 0) is 29.8 Å². The summed E-state index contributed by atoms with van der Waals surface area (Å²) in [6.45, 7) is -0.380. The van der Waals surface area contributed by atoms with Crippen LogP contribution in [0, 0.1) is 0 Å². The normalized spacial score (nSPS) is 10.2. The van der Waals surface area contributed by atoms with Crippen LogP contribution in [0.2, 0.25) is 5.28 Å². The molecule has 1 N–H and O–H groups in total. The first-order valence-electron chi connectivity index (χ1n) is 5.27. The highest BCUT2D eigenvalue weighted by molar-refractivity contribution is 6.28. The van der Waals surface area contributed by atoms with E-state index in [0.29, 0.717) is 11.6 Å². The number of anilines is 2. The summed E-state index contributed by atoms with van der Waals surface area (Å²) in [7, 11) is 1.83. The van der Waals surface area contributed by atoms with Crippen LogP contribution in [-0.2, 0) is 0 Å². The number of hydrogen-bond acceptors (Lipinski definition) is 5. The zero-order valence-electron chi connectivity index (χ0n) is 9.75. The molecule has 6 heteroatoms. The van der Waals surface area contributed by atoms with Crippen LogP contribution in [0.4, 0.5) is 11.5 Å². The lowest BCUT2D eigenvalue weighted by molar-refractivity contribution is 0.0990. The molecule has 0 saturated carbocycles. The van der Waals surface area contributed by atoms with Gasteiger partial charge < -0.3 is 14.7 Å². The number of aromatic nitrogens is 2. The number of hydrogen-bond donors (Lipinski definition) is 1. The lowest BCUT2D eigenvalue weighted by atomic mass is 10.2. The van der Waals surface area contributed by atoms with Gasteiger partial charge in [0.2, 0.25) is 5.28 Å². The molecule has 0 radical (unpaired) electrons. The number of halogens is 1. The van der Waals surface area contributed by atoms with Crippen LogP contribution in [-0.4, -0.2) is 28.9 Å². The van der Waals surface area contributed by atoms with Crippen LogP contribution in [0.5, 0.6) is 5.75 Å². The van der Waals surface area contributed by atoms with Crippen molar-refractivity contribution >= 4 is 23.1 Å². The molecule has 0 atom stereocenters. The Balaban J connectivity index is 2.36. The Morgan fingerprint density at radius 3 is 2.83 bits per heavy atom. The molecule has 2 aromatic rings. The molecule has 2 rings (SSSR count). The molecule has 0 amide bonds. The SMILES string of the molecule is CN(c1ccnc(Cl)n1)c1ccccc1OCO. The Labute approximate surface area is 110 Å². The summed E-state index contributed by atoms with van der Waals surface area (Å²) < 4.78 is 5.15. The van der Waals surface area contributed by atoms with Crippen molar-refractivity contribution in [1.29, 1.82) is 0 Å². The highest BCUT2D eigenvalue weighted by Crippen LogP contribution is 2.31. The standard InChI is InChI=1S/C12H12ClN3O2/c1-16(11-6-7-14-12(13)15-11)9-4-2-3-5-10(9)18-8-17/h2-7,17H,8H2,1H3. The van der Waals surface area contributed by atoms with Crippen molar-refractivity contribution in [1.82, 2.24) is 9.97 Å². The maximum atomic E-state index is 8.85. The van der Waals surface area contributed by atoms with Gasteiger partial charge in [-0.3, -0.25) is 0 Å².